The Morgan fingerprint density at radius 3 is 2.52 bits per heavy atom. The van der Waals surface area contributed by atoms with Gasteiger partial charge in [-0.1, -0.05) is 35.9 Å². The third-order valence-electron chi connectivity index (χ3n) is 5.69. The molecule has 1 aliphatic heterocycles. The lowest BCUT2D eigenvalue weighted by Crippen LogP contribution is -2.29. The van der Waals surface area contributed by atoms with Gasteiger partial charge in [0.25, 0.3) is 5.69 Å². The zero-order valence-corrected chi connectivity index (χ0v) is 18.5. The first kappa shape index (κ1) is 20.8. The highest BCUT2D eigenvalue weighted by Crippen LogP contribution is 2.43. The molecule has 2 aromatic heterocycles. The van der Waals surface area contributed by atoms with E-state index in [-0.39, 0.29) is 17.8 Å². The topological polar surface area (TPSA) is 84.4 Å². The van der Waals surface area contributed by atoms with Gasteiger partial charge in [-0.15, -0.1) is 0 Å². The third kappa shape index (κ3) is 3.85. The minimum atomic E-state index is -0.404. The quantitative estimate of drug-likeness (QED) is 0.233. The van der Waals surface area contributed by atoms with Gasteiger partial charge in [0.2, 0.25) is 0 Å². The van der Waals surface area contributed by atoms with Gasteiger partial charge in [0.05, 0.1) is 22.2 Å². The van der Waals surface area contributed by atoms with E-state index in [1.165, 1.54) is 6.07 Å². The number of nitro benzene ring substituents is 1. The minimum absolute atomic E-state index is 0.00451. The van der Waals surface area contributed by atoms with Crippen LogP contribution in [0, 0.1) is 17.0 Å². The maximum atomic E-state index is 11.5. The number of para-hydroxylation sites is 1. The van der Waals surface area contributed by atoms with E-state index in [1.807, 2.05) is 60.4 Å². The van der Waals surface area contributed by atoms with Gasteiger partial charge in [0.1, 0.15) is 17.6 Å². The predicted molar refractivity (Wildman–Crippen MR) is 130 cm³/mol. The molecule has 3 heterocycles. The number of pyridine rings is 1. The maximum absolute atomic E-state index is 11.5. The number of nitro groups is 1. The molecule has 0 radical (unpaired) electrons. The second-order valence-corrected chi connectivity index (χ2v) is 8.20. The molecule has 1 aliphatic rings. The van der Waals surface area contributed by atoms with Crippen LogP contribution >= 0.6 is 12.2 Å². The van der Waals surface area contributed by atoms with Gasteiger partial charge in [-0.3, -0.25) is 15.1 Å². The predicted octanol–water partition coefficient (Wildman–Crippen LogP) is 5.74. The van der Waals surface area contributed by atoms with Crippen molar-refractivity contribution in [1.82, 2.24) is 10.3 Å². The Hall–Kier alpha value is -4.04. The molecule has 1 saturated heterocycles. The Morgan fingerprint density at radius 1 is 1.03 bits per heavy atom. The zero-order chi connectivity index (χ0) is 22.9. The Balaban J connectivity index is 1.61. The van der Waals surface area contributed by atoms with E-state index < -0.39 is 4.92 Å². The Kier molecular flexibility index (Phi) is 5.35. The van der Waals surface area contributed by atoms with E-state index in [4.69, 9.17) is 16.6 Å². The highest BCUT2D eigenvalue weighted by atomic mass is 32.1. The molecule has 0 spiro atoms. The molecule has 2 aromatic carbocycles. The number of benzene rings is 2. The first-order valence-corrected chi connectivity index (χ1v) is 10.8. The van der Waals surface area contributed by atoms with Crippen molar-refractivity contribution in [3.8, 4) is 11.3 Å². The number of hydrogen-bond acceptors (Lipinski definition) is 5. The SMILES string of the molecule is Cc1ccc(N2C(=S)NC(c3ccccn3)C2c2ccc(-c3ccccc3[N+](=O)[O-])o2)cc1. The summed E-state index contributed by atoms with van der Waals surface area (Å²) in [5.41, 5.74) is 3.31. The van der Waals surface area contributed by atoms with Gasteiger partial charge in [0.15, 0.2) is 5.11 Å². The number of nitrogens with zero attached hydrogens (tertiary/aromatic N) is 3. The Morgan fingerprint density at radius 2 is 1.79 bits per heavy atom. The molecule has 0 bridgehead atoms. The minimum Gasteiger partial charge on any atom is -0.459 e. The molecule has 164 valence electrons. The summed E-state index contributed by atoms with van der Waals surface area (Å²) in [6, 6.07) is 23.4. The van der Waals surface area contributed by atoms with Crippen molar-refractivity contribution in [3.63, 3.8) is 0 Å². The lowest BCUT2D eigenvalue weighted by Gasteiger charge is -2.26. The molecule has 2 atom stereocenters. The van der Waals surface area contributed by atoms with Crippen LogP contribution in [0.3, 0.4) is 0 Å². The first-order chi connectivity index (χ1) is 16.0. The van der Waals surface area contributed by atoms with E-state index in [9.17, 15) is 10.1 Å². The molecular weight excluding hydrogens is 436 g/mol. The zero-order valence-electron chi connectivity index (χ0n) is 17.7. The fraction of sp³-hybridized carbons (Fsp3) is 0.120. The highest BCUT2D eigenvalue weighted by Gasteiger charge is 2.42. The molecule has 0 saturated carbocycles. The Labute approximate surface area is 195 Å². The number of furan rings is 1. The summed E-state index contributed by atoms with van der Waals surface area (Å²) in [6.07, 6.45) is 1.74. The van der Waals surface area contributed by atoms with Gasteiger partial charge >= 0.3 is 0 Å². The van der Waals surface area contributed by atoms with Crippen LogP contribution in [-0.4, -0.2) is 15.0 Å². The normalized spacial score (nSPS) is 17.7. The number of aryl methyl sites for hydroxylation is 1. The summed E-state index contributed by atoms with van der Waals surface area (Å²) < 4.78 is 6.25. The molecule has 1 N–H and O–H groups in total. The fourth-order valence-electron chi connectivity index (χ4n) is 4.13. The van der Waals surface area contributed by atoms with Crippen molar-refractivity contribution in [1.29, 1.82) is 0 Å². The molecule has 7 nitrogen and oxygen atoms in total. The average molecular weight is 457 g/mol. The van der Waals surface area contributed by atoms with Crippen LogP contribution in [0.5, 0.6) is 0 Å². The summed E-state index contributed by atoms with van der Waals surface area (Å²) >= 11 is 5.72. The molecule has 5 rings (SSSR count). The number of thiocarbonyl (C=S) groups is 1. The third-order valence-corrected chi connectivity index (χ3v) is 6.01. The van der Waals surface area contributed by atoms with Crippen LogP contribution in [0.15, 0.2) is 89.5 Å². The van der Waals surface area contributed by atoms with Crippen molar-refractivity contribution < 1.29 is 9.34 Å². The van der Waals surface area contributed by atoms with Crippen LogP contribution in [0.1, 0.15) is 29.1 Å². The summed E-state index contributed by atoms with van der Waals surface area (Å²) in [5.74, 6) is 1.06. The molecular formula is C25H20N4O3S. The summed E-state index contributed by atoms with van der Waals surface area (Å²) in [4.78, 5) is 17.7. The average Bonchev–Trinajstić information content (AvgIpc) is 3.45. The summed E-state index contributed by atoms with van der Waals surface area (Å²) in [6.45, 7) is 2.03. The molecule has 8 heteroatoms. The molecule has 33 heavy (non-hydrogen) atoms. The van der Waals surface area contributed by atoms with E-state index in [1.54, 1.807) is 30.5 Å². The van der Waals surface area contributed by atoms with Crippen LogP contribution in [0.2, 0.25) is 0 Å². The number of aromatic nitrogens is 1. The van der Waals surface area contributed by atoms with Crippen LogP contribution in [0.25, 0.3) is 11.3 Å². The largest absolute Gasteiger partial charge is 0.459 e. The van der Waals surface area contributed by atoms with E-state index in [2.05, 4.69) is 10.3 Å². The fourth-order valence-corrected chi connectivity index (χ4v) is 4.47. The van der Waals surface area contributed by atoms with Gasteiger partial charge in [0, 0.05) is 18.0 Å². The molecule has 4 aromatic rings. The van der Waals surface area contributed by atoms with Gasteiger partial charge in [-0.2, -0.15) is 0 Å². The molecule has 0 amide bonds. The van der Waals surface area contributed by atoms with E-state index in [0.29, 0.717) is 22.2 Å². The standard InChI is InChI=1S/C25H20N4O3S/c1-16-9-11-17(12-10-16)28-24(23(27-25(28)33)19-7-4-5-15-26-19)22-14-13-21(32-22)18-6-2-3-8-20(18)29(30)31/h2-15,23-24H,1H3,(H,27,33). The van der Waals surface area contributed by atoms with Crippen LogP contribution in [0.4, 0.5) is 11.4 Å². The lowest BCUT2D eigenvalue weighted by molar-refractivity contribution is -0.384. The van der Waals surface area contributed by atoms with Crippen LogP contribution in [-0.2, 0) is 0 Å². The second kappa shape index (κ2) is 8.48. The van der Waals surface area contributed by atoms with Crippen molar-refractivity contribution in [2.45, 2.75) is 19.0 Å². The van der Waals surface area contributed by atoms with Crippen molar-refractivity contribution in [2.75, 3.05) is 4.90 Å². The molecule has 0 aliphatic carbocycles. The number of rotatable bonds is 5. The van der Waals surface area contributed by atoms with Gasteiger partial charge < -0.3 is 14.6 Å². The molecule has 1 fully saturated rings. The van der Waals surface area contributed by atoms with Crippen LogP contribution < -0.4 is 10.2 Å². The smallest absolute Gasteiger partial charge is 0.280 e. The van der Waals surface area contributed by atoms with Gasteiger partial charge in [-0.05, 0) is 61.6 Å². The number of hydrogen-bond donors (Lipinski definition) is 1. The first-order valence-electron chi connectivity index (χ1n) is 10.4. The van der Waals surface area contributed by atoms with Gasteiger partial charge in [-0.25, -0.2) is 0 Å². The number of anilines is 1. The second-order valence-electron chi connectivity index (χ2n) is 7.81. The van der Waals surface area contributed by atoms with Crippen molar-refractivity contribution in [3.05, 3.63) is 112 Å². The van der Waals surface area contributed by atoms with Crippen molar-refractivity contribution in [2.24, 2.45) is 0 Å². The maximum Gasteiger partial charge on any atom is 0.280 e. The van der Waals surface area contributed by atoms with E-state index in [0.717, 1.165) is 16.9 Å². The van der Waals surface area contributed by atoms with Crippen molar-refractivity contribution >= 4 is 28.7 Å². The lowest BCUT2D eigenvalue weighted by atomic mass is 10.0. The Bertz CT molecular complexity index is 1320. The van der Waals surface area contributed by atoms with E-state index >= 15 is 0 Å². The monoisotopic (exact) mass is 456 g/mol. The summed E-state index contributed by atoms with van der Waals surface area (Å²) in [7, 11) is 0. The number of nitrogens with one attached hydrogen (secondary N) is 1. The summed E-state index contributed by atoms with van der Waals surface area (Å²) in [5, 5.41) is 15.5. The molecule has 2 unspecified atom stereocenters. The highest BCUT2D eigenvalue weighted by molar-refractivity contribution is 7.80.